The van der Waals surface area contributed by atoms with Crippen molar-refractivity contribution in [2.75, 3.05) is 19.8 Å². The minimum Gasteiger partial charge on any atom is -0.378 e. The van der Waals surface area contributed by atoms with Crippen molar-refractivity contribution in [1.29, 1.82) is 0 Å². The number of nitrogen functional groups attached to an aromatic ring is 1. The highest BCUT2D eigenvalue weighted by Gasteiger charge is 2.19. The molecule has 0 aliphatic carbocycles. The highest BCUT2D eigenvalue weighted by atomic mass is 16.3. The van der Waals surface area contributed by atoms with E-state index in [0.717, 1.165) is 22.2 Å². The third-order valence-corrected chi connectivity index (χ3v) is 4.02. The second kappa shape index (κ2) is 6.75. The van der Waals surface area contributed by atoms with E-state index in [1.165, 1.54) is 0 Å². The van der Waals surface area contributed by atoms with Crippen molar-refractivity contribution in [2.45, 2.75) is 25.5 Å². The number of benzene rings is 1. The molecule has 2 aromatic heterocycles. The second-order valence-corrected chi connectivity index (χ2v) is 6.82. The van der Waals surface area contributed by atoms with Crippen LogP contribution >= 0.6 is 0 Å². The summed E-state index contributed by atoms with van der Waals surface area (Å²) in [6.07, 6.45) is 7.36. The van der Waals surface area contributed by atoms with E-state index >= 15 is 0 Å². The van der Waals surface area contributed by atoms with Crippen LogP contribution in [0.2, 0.25) is 0 Å². The Morgan fingerprint density at radius 1 is 1.35 bits per heavy atom. The van der Waals surface area contributed by atoms with E-state index in [0.29, 0.717) is 18.8 Å². The Kier molecular flexibility index (Phi) is 4.64. The van der Waals surface area contributed by atoms with Crippen LogP contribution in [0, 0.1) is 12.3 Å². The Balaban J connectivity index is 2.17. The first-order valence-corrected chi connectivity index (χ1v) is 8.23. The van der Waals surface area contributed by atoms with Crippen LogP contribution in [0.25, 0.3) is 16.7 Å². The number of hydrogen-bond donors (Lipinski definition) is 2. The van der Waals surface area contributed by atoms with E-state index in [1.54, 1.807) is 23.9 Å². The van der Waals surface area contributed by atoms with Gasteiger partial charge < -0.3 is 15.7 Å². The first kappa shape index (κ1) is 17.9. The summed E-state index contributed by atoms with van der Waals surface area (Å²) in [6.45, 7) is 2.31. The van der Waals surface area contributed by atoms with Crippen LogP contribution < -0.4 is 5.73 Å². The SMILES string of the molecule is C#CC(C)(O)Cc1ccc2c(CN(C)C)nn(-c3ccnc(N)n3)c2c1. The highest BCUT2D eigenvalue weighted by Crippen LogP contribution is 2.25. The second-order valence-electron chi connectivity index (χ2n) is 6.82. The first-order chi connectivity index (χ1) is 12.3. The summed E-state index contributed by atoms with van der Waals surface area (Å²) in [4.78, 5) is 10.3. The monoisotopic (exact) mass is 350 g/mol. The van der Waals surface area contributed by atoms with Gasteiger partial charge in [-0.25, -0.2) is 9.67 Å². The van der Waals surface area contributed by atoms with E-state index in [2.05, 4.69) is 20.8 Å². The molecule has 0 radical (unpaired) electrons. The molecule has 0 aliphatic rings. The van der Waals surface area contributed by atoms with Gasteiger partial charge in [0, 0.05) is 30.6 Å². The number of nitrogens with zero attached hydrogens (tertiary/aromatic N) is 5. The van der Waals surface area contributed by atoms with Gasteiger partial charge in [0.1, 0.15) is 5.60 Å². The highest BCUT2D eigenvalue weighted by molar-refractivity contribution is 5.84. The molecule has 1 atom stereocenters. The summed E-state index contributed by atoms with van der Waals surface area (Å²) in [5.41, 5.74) is 7.25. The molecular weight excluding hydrogens is 328 g/mol. The topological polar surface area (TPSA) is 93.1 Å². The lowest BCUT2D eigenvalue weighted by atomic mass is 9.96. The lowest BCUT2D eigenvalue weighted by molar-refractivity contribution is 0.123. The van der Waals surface area contributed by atoms with Crippen LogP contribution in [0.5, 0.6) is 0 Å². The predicted molar refractivity (Wildman–Crippen MR) is 102 cm³/mol. The van der Waals surface area contributed by atoms with Crippen molar-refractivity contribution in [1.82, 2.24) is 24.6 Å². The van der Waals surface area contributed by atoms with E-state index < -0.39 is 5.60 Å². The number of terminal acetylenes is 1. The van der Waals surface area contributed by atoms with Crippen LogP contribution in [0.4, 0.5) is 5.95 Å². The summed E-state index contributed by atoms with van der Waals surface area (Å²) in [5.74, 6) is 3.19. The molecule has 0 saturated heterocycles. The zero-order chi connectivity index (χ0) is 18.9. The van der Waals surface area contributed by atoms with Gasteiger partial charge in [0.15, 0.2) is 5.82 Å². The quantitative estimate of drug-likeness (QED) is 0.676. The largest absolute Gasteiger partial charge is 0.378 e. The van der Waals surface area contributed by atoms with E-state index in [9.17, 15) is 5.11 Å². The Hall–Kier alpha value is -2.95. The number of hydrogen-bond acceptors (Lipinski definition) is 6. The maximum absolute atomic E-state index is 10.2. The Morgan fingerprint density at radius 2 is 2.12 bits per heavy atom. The molecule has 7 nitrogen and oxygen atoms in total. The summed E-state index contributed by atoms with van der Waals surface area (Å²) < 4.78 is 1.75. The fraction of sp³-hybridized carbons (Fsp3) is 0.316. The summed E-state index contributed by atoms with van der Waals surface area (Å²) >= 11 is 0. The summed E-state index contributed by atoms with van der Waals surface area (Å²) in [5, 5.41) is 15.9. The lowest BCUT2D eigenvalue weighted by Crippen LogP contribution is -2.24. The molecule has 3 rings (SSSR count). The third-order valence-electron chi connectivity index (χ3n) is 4.02. The molecule has 26 heavy (non-hydrogen) atoms. The molecule has 3 N–H and O–H groups in total. The van der Waals surface area contributed by atoms with Gasteiger partial charge in [-0.05, 0) is 32.6 Å². The van der Waals surface area contributed by atoms with Crippen molar-refractivity contribution >= 4 is 16.9 Å². The molecule has 0 aliphatic heterocycles. The molecule has 3 aromatic rings. The number of aliphatic hydroxyl groups is 1. The first-order valence-electron chi connectivity index (χ1n) is 8.23. The molecule has 0 spiro atoms. The maximum Gasteiger partial charge on any atom is 0.221 e. The Labute approximate surface area is 152 Å². The molecule has 0 bridgehead atoms. The predicted octanol–water partition coefficient (Wildman–Crippen LogP) is 1.39. The van der Waals surface area contributed by atoms with Crippen LogP contribution in [0.3, 0.4) is 0 Å². The average Bonchev–Trinajstić information content (AvgIpc) is 2.92. The number of fused-ring (bicyclic) bond motifs is 1. The standard InChI is InChI=1S/C19H22N6O/c1-5-19(2,26)11-13-6-7-14-15(12-24(3)4)23-25(16(14)10-13)17-8-9-21-18(20)22-17/h1,6-10,26H,11-12H2,2-4H3,(H2,20,21,22). The van der Waals surface area contributed by atoms with E-state index in [1.807, 2.05) is 32.3 Å². The van der Waals surface area contributed by atoms with Gasteiger partial charge in [-0.2, -0.15) is 10.1 Å². The van der Waals surface area contributed by atoms with Crippen LogP contribution in [-0.2, 0) is 13.0 Å². The maximum atomic E-state index is 10.2. The number of anilines is 1. The zero-order valence-corrected chi connectivity index (χ0v) is 15.1. The minimum atomic E-state index is -1.20. The van der Waals surface area contributed by atoms with Gasteiger partial charge in [0.25, 0.3) is 0 Å². The molecule has 0 fully saturated rings. The van der Waals surface area contributed by atoms with Gasteiger partial charge in [-0.1, -0.05) is 18.1 Å². The van der Waals surface area contributed by atoms with Gasteiger partial charge in [-0.3, -0.25) is 0 Å². The third kappa shape index (κ3) is 3.67. The van der Waals surface area contributed by atoms with Crippen molar-refractivity contribution < 1.29 is 5.11 Å². The van der Waals surface area contributed by atoms with Crippen molar-refractivity contribution in [3.63, 3.8) is 0 Å². The molecule has 134 valence electrons. The smallest absolute Gasteiger partial charge is 0.221 e. The fourth-order valence-electron chi connectivity index (χ4n) is 2.86. The normalized spacial score (nSPS) is 13.7. The lowest BCUT2D eigenvalue weighted by Gasteiger charge is -2.16. The number of rotatable bonds is 5. The number of aromatic nitrogens is 4. The molecular formula is C19H22N6O. The van der Waals surface area contributed by atoms with E-state index in [4.69, 9.17) is 17.3 Å². The van der Waals surface area contributed by atoms with Crippen LogP contribution in [-0.4, -0.2) is 49.5 Å². The van der Waals surface area contributed by atoms with Gasteiger partial charge in [-0.15, -0.1) is 6.42 Å². The average molecular weight is 350 g/mol. The van der Waals surface area contributed by atoms with Crippen molar-refractivity contribution in [3.05, 3.63) is 41.7 Å². The summed E-state index contributed by atoms with van der Waals surface area (Å²) in [7, 11) is 3.98. The number of nitrogens with two attached hydrogens (primary N) is 1. The molecule has 1 unspecified atom stereocenters. The van der Waals surface area contributed by atoms with Crippen molar-refractivity contribution in [3.8, 4) is 18.2 Å². The molecule has 0 saturated carbocycles. The minimum absolute atomic E-state index is 0.187. The molecule has 7 heteroatoms. The Bertz CT molecular complexity index is 983. The van der Waals surface area contributed by atoms with Crippen LogP contribution in [0.1, 0.15) is 18.2 Å². The van der Waals surface area contributed by atoms with Crippen LogP contribution in [0.15, 0.2) is 30.5 Å². The zero-order valence-electron chi connectivity index (χ0n) is 15.1. The molecule has 2 heterocycles. The van der Waals surface area contributed by atoms with Crippen molar-refractivity contribution in [2.24, 2.45) is 0 Å². The van der Waals surface area contributed by atoms with E-state index in [-0.39, 0.29) is 5.95 Å². The Morgan fingerprint density at radius 3 is 2.77 bits per heavy atom. The van der Waals surface area contributed by atoms with Gasteiger partial charge >= 0.3 is 0 Å². The van der Waals surface area contributed by atoms with Gasteiger partial charge in [0.2, 0.25) is 5.95 Å². The van der Waals surface area contributed by atoms with Gasteiger partial charge in [0.05, 0.1) is 11.2 Å². The fourth-order valence-corrected chi connectivity index (χ4v) is 2.86. The molecule has 0 amide bonds. The summed E-state index contributed by atoms with van der Waals surface area (Å²) in [6, 6.07) is 7.70. The molecule has 1 aromatic carbocycles.